The molecule has 1 aliphatic carbocycles. The summed E-state index contributed by atoms with van der Waals surface area (Å²) in [7, 11) is 0. The maximum absolute atomic E-state index is 12.2. The Kier molecular flexibility index (Phi) is 3.61. The molecule has 5 nitrogen and oxygen atoms in total. The Morgan fingerprint density at radius 1 is 1.50 bits per heavy atom. The predicted octanol–water partition coefficient (Wildman–Crippen LogP) is 1.99. The minimum absolute atomic E-state index is 0.262. The summed E-state index contributed by atoms with van der Waals surface area (Å²) in [5.41, 5.74) is 1.90. The summed E-state index contributed by atoms with van der Waals surface area (Å²) in [4.78, 5) is 16.3. The highest BCUT2D eigenvalue weighted by molar-refractivity contribution is 7.99. The minimum atomic E-state index is -0.262. The normalized spacial score (nSPS) is 13.2. The first kappa shape index (κ1) is 13.0. The van der Waals surface area contributed by atoms with E-state index in [2.05, 4.69) is 11.1 Å². The number of fused-ring (bicyclic) bond motifs is 1. The smallest absolute Gasteiger partial charge is 0.349 e. The molecule has 0 saturated heterocycles. The number of hydrogen-bond donors (Lipinski definition) is 0. The maximum atomic E-state index is 12.2. The third kappa shape index (κ3) is 2.37. The van der Waals surface area contributed by atoms with Gasteiger partial charge in [-0.1, -0.05) is 11.8 Å². The van der Waals surface area contributed by atoms with Crippen LogP contribution in [0, 0.1) is 11.3 Å². The van der Waals surface area contributed by atoms with Gasteiger partial charge in [0.25, 0.3) is 0 Å². The Bertz CT molecular complexity index is 713. The van der Waals surface area contributed by atoms with Crippen LogP contribution in [0.4, 0.5) is 0 Å². The summed E-state index contributed by atoms with van der Waals surface area (Å²) >= 11 is 1.35. The predicted molar refractivity (Wildman–Crippen MR) is 74.7 cm³/mol. The van der Waals surface area contributed by atoms with Crippen molar-refractivity contribution in [1.29, 1.82) is 5.26 Å². The molecule has 102 valence electrons. The van der Waals surface area contributed by atoms with E-state index in [4.69, 9.17) is 9.68 Å². The van der Waals surface area contributed by atoms with Crippen LogP contribution in [-0.4, -0.2) is 15.3 Å². The summed E-state index contributed by atoms with van der Waals surface area (Å²) in [5, 5.41) is 9.40. The van der Waals surface area contributed by atoms with Crippen molar-refractivity contribution in [2.75, 3.05) is 5.75 Å². The zero-order chi connectivity index (χ0) is 13.9. The van der Waals surface area contributed by atoms with Crippen LogP contribution in [0.3, 0.4) is 0 Å². The molecule has 0 spiro atoms. The van der Waals surface area contributed by atoms with Gasteiger partial charge in [-0.25, -0.2) is 4.79 Å². The third-order valence-corrected chi connectivity index (χ3v) is 4.25. The molecule has 2 aromatic heterocycles. The second-order valence-electron chi connectivity index (χ2n) is 4.59. The van der Waals surface area contributed by atoms with Crippen molar-refractivity contribution in [3.05, 3.63) is 45.9 Å². The van der Waals surface area contributed by atoms with Crippen molar-refractivity contribution in [3.63, 3.8) is 0 Å². The van der Waals surface area contributed by atoms with Gasteiger partial charge in [-0.3, -0.25) is 4.57 Å². The molecular weight excluding hydrogens is 274 g/mol. The summed E-state index contributed by atoms with van der Waals surface area (Å²) in [6, 6.07) is 5.74. The van der Waals surface area contributed by atoms with E-state index in [-0.39, 0.29) is 5.69 Å². The molecule has 3 rings (SSSR count). The largest absolute Gasteiger partial charge is 0.467 e. The van der Waals surface area contributed by atoms with Gasteiger partial charge in [-0.15, -0.1) is 0 Å². The zero-order valence-corrected chi connectivity index (χ0v) is 11.7. The van der Waals surface area contributed by atoms with Crippen molar-refractivity contribution >= 4 is 11.8 Å². The zero-order valence-electron chi connectivity index (χ0n) is 10.8. The van der Waals surface area contributed by atoms with Gasteiger partial charge >= 0.3 is 5.69 Å². The summed E-state index contributed by atoms with van der Waals surface area (Å²) < 4.78 is 7.00. The van der Waals surface area contributed by atoms with Crippen LogP contribution in [0.15, 0.2) is 32.6 Å². The fourth-order valence-corrected chi connectivity index (χ4v) is 3.27. The number of nitrogens with zero attached hydrogens (tertiary/aromatic N) is 3. The number of hydrogen-bond acceptors (Lipinski definition) is 5. The highest BCUT2D eigenvalue weighted by Crippen LogP contribution is 2.29. The summed E-state index contributed by atoms with van der Waals surface area (Å²) in [6.45, 7) is 0.421. The van der Waals surface area contributed by atoms with Gasteiger partial charge in [0.2, 0.25) is 0 Å². The van der Waals surface area contributed by atoms with E-state index in [9.17, 15) is 4.79 Å². The van der Waals surface area contributed by atoms with Crippen LogP contribution in [0.25, 0.3) is 0 Å². The Balaban J connectivity index is 2.02. The molecule has 0 fully saturated rings. The fraction of sp³-hybridized carbons (Fsp3) is 0.357. The molecule has 2 heterocycles. The summed E-state index contributed by atoms with van der Waals surface area (Å²) in [6.07, 6.45) is 4.44. The molecule has 0 bridgehead atoms. The lowest BCUT2D eigenvalue weighted by Crippen LogP contribution is -2.27. The summed E-state index contributed by atoms with van der Waals surface area (Å²) in [5.74, 6) is 1.07. The van der Waals surface area contributed by atoms with Gasteiger partial charge in [-0.2, -0.15) is 10.2 Å². The average Bonchev–Trinajstić information content (AvgIpc) is 3.10. The number of aromatic nitrogens is 2. The molecule has 6 heteroatoms. The first-order valence-corrected chi connectivity index (χ1v) is 7.43. The lowest BCUT2D eigenvalue weighted by molar-refractivity contribution is 0.481. The van der Waals surface area contributed by atoms with Crippen molar-refractivity contribution < 1.29 is 4.42 Å². The molecular formula is C14H13N3O2S. The van der Waals surface area contributed by atoms with Gasteiger partial charge in [0.15, 0.2) is 0 Å². The Hall–Kier alpha value is -2.00. The molecule has 0 atom stereocenters. The average molecular weight is 287 g/mol. The van der Waals surface area contributed by atoms with Crippen LogP contribution >= 0.6 is 11.8 Å². The lowest BCUT2D eigenvalue weighted by Gasteiger charge is -2.12. The van der Waals surface area contributed by atoms with E-state index in [0.717, 1.165) is 41.3 Å². The Morgan fingerprint density at radius 3 is 3.15 bits per heavy atom. The second-order valence-corrected chi connectivity index (χ2v) is 5.55. The SMILES string of the molecule is N#CCSc1nc(=O)n(Cc2ccco2)c2c1CCC2. The molecule has 0 radical (unpaired) electrons. The molecule has 0 aromatic carbocycles. The Morgan fingerprint density at radius 2 is 2.40 bits per heavy atom. The van der Waals surface area contributed by atoms with Gasteiger partial charge < -0.3 is 4.42 Å². The molecule has 0 N–H and O–H groups in total. The van der Waals surface area contributed by atoms with Gasteiger partial charge in [0.05, 0.1) is 24.6 Å². The topological polar surface area (TPSA) is 71.8 Å². The highest BCUT2D eigenvalue weighted by atomic mass is 32.2. The molecule has 0 aliphatic heterocycles. The van der Waals surface area contributed by atoms with Crippen molar-refractivity contribution in [3.8, 4) is 6.07 Å². The molecule has 2 aromatic rings. The monoisotopic (exact) mass is 287 g/mol. The van der Waals surface area contributed by atoms with E-state index in [1.807, 2.05) is 12.1 Å². The van der Waals surface area contributed by atoms with E-state index in [1.165, 1.54) is 11.8 Å². The van der Waals surface area contributed by atoms with Crippen LogP contribution < -0.4 is 5.69 Å². The van der Waals surface area contributed by atoms with Crippen molar-refractivity contribution in [2.45, 2.75) is 30.8 Å². The number of thioether (sulfide) groups is 1. The first-order valence-electron chi connectivity index (χ1n) is 6.44. The Labute approximate surface area is 120 Å². The second kappa shape index (κ2) is 5.55. The van der Waals surface area contributed by atoms with Gasteiger partial charge in [0, 0.05) is 11.3 Å². The van der Waals surface area contributed by atoms with Crippen molar-refractivity contribution in [2.24, 2.45) is 0 Å². The van der Waals surface area contributed by atoms with Crippen molar-refractivity contribution in [1.82, 2.24) is 9.55 Å². The van der Waals surface area contributed by atoms with Crippen LogP contribution in [-0.2, 0) is 19.4 Å². The van der Waals surface area contributed by atoms with E-state index in [1.54, 1.807) is 10.8 Å². The first-order chi connectivity index (χ1) is 9.79. The number of furan rings is 1. The fourth-order valence-electron chi connectivity index (χ4n) is 2.53. The lowest BCUT2D eigenvalue weighted by atomic mass is 10.2. The number of nitriles is 1. The standard InChI is InChI=1S/C14H13N3O2S/c15-6-8-20-13-11-4-1-5-12(11)17(14(18)16-13)9-10-3-2-7-19-10/h2-3,7H,1,4-5,8-9H2. The molecule has 0 unspecified atom stereocenters. The van der Waals surface area contributed by atoms with Crippen LogP contribution in [0.2, 0.25) is 0 Å². The van der Waals surface area contributed by atoms with E-state index < -0.39 is 0 Å². The minimum Gasteiger partial charge on any atom is -0.467 e. The number of rotatable bonds is 4. The van der Waals surface area contributed by atoms with Gasteiger partial charge in [-0.05, 0) is 31.4 Å². The van der Waals surface area contributed by atoms with E-state index >= 15 is 0 Å². The quantitative estimate of drug-likeness (QED) is 0.635. The molecule has 20 heavy (non-hydrogen) atoms. The van der Waals surface area contributed by atoms with Crippen LogP contribution in [0.1, 0.15) is 23.4 Å². The molecule has 0 amide bonds. The van der Waals surface area contributed by atoms with Crippen LogP contribution in [0.5, 0.6) is 0 Å². The molecule has 1 aliphatic rings. The maximum Gasteiger partial charge on any atom is 0.349 e. The van der Waals surface area contributed by atoms with Gasteiger partial charge in [0.1, 0.15) is 10.8 Å². The van der Waals surface area contributed by atoms with E-state index in [0.29, 0.717) is 12.3 Å². The highest BCUT2D eigenvalue weighted by Gasteiger charge is 2.22. The molecule has 0 saturated carbocycles. The third-order valence-electron chi connectivity index (χ3n) is 3.37.